The molecule has 0 saturated heterocycles. The molecule has 2 aromatic rings. The highest BCUT2D eigenvalue weighted by Gasteiger charge is 2.05. The molecule has 2 aromatic carbocycles. The van der Waals surface area contributed by atoms with Crippen molar-refractivity contribution in [2.75, 3.05) is 10.6 Å². The number of amidine groups is 2. The summed E-state index contributed by atoms with van der Waals surface area (Å²) in [6.07, 6.45) is 0. The van der Waals surface area contributed by atoms with Gasteiger partial charge in [0.25, 0.3) is 0 Å². The van der Waals surface area contributed by atoms with Crippen molar-refractivity contribution in [2.24, 2.45) is 11.5 Å². The number of hydrogen-bond donors (Lipinski definition) is 6. The zero-order chi connectivity index (χ0) is 16.1. The Bertz CT molecular complexity index is 689. The van der Waals surface area contributed by atoms with Crippen molar-refractivity contribution < 1.29 is 4.79 Å². The summed E-state index contributed by atoms with van der Waals surface area (Å²) in [5, 5.41) is 20.0. The fraction of sp³-hybridized carbons (Fsp3) is 0. The Labute approximate surface area is 151 Å². The van der Waals surface area contributed by atoms with Crippen LogP contribution in [0.15, 0.2) is 48.5 Å². The van der Waals surface area contributed by atoms with E-state index < -0.39 is 6.03 Å². The largest absolute Gasteiger partial charge is 0.384 e. The van der Waals surface area contributed by atoms with Gasteiger partial charge in [-0.3, -0.25) is 10.8 Å². The van der Waals surface area contributed by atoms with Crippen LogP contribution in [0.2, 0.25) is 0 Å². The number of anilines is 2. The van der Waals surface area contributed by atoms with Crippen molar-refractivity contribution in [3.8, 4) is 0 Å². The Balaban J connectivity index is 0.00000264. The van der Waals surface area contributed by atoms with Gasteiger partial charge in [0.2, 0.25) is 0 Å². The Morgan fingerprint density at radius 2 is 1.17 bits per heavy atom. The van der Waals surface area contributed by atoms with E-state index in [2.05, 4.69) is 10.6 Å². The molecular weight excluding hydrogens is 351 g/mol. The molecule has 0 radical (unpaired) electrons. The first kappa shape index (κ1) is 21.2. The summed E-state index contributed by atoms with van der Waals surface area (Å²) < 4.78 is 0. The van der Waals surface area contributed by atoms with Crippen LogP contribution in [0.25, 0.3) is 0 Å². The van der Waals surface area contributed by atoms with Crippen LogP contribution in [0.1, 0.15) is 11.1 Å². The highest BCUT2D eigenvalue weighted by molar-refractivity contribution is 6.02. The summed E-state index contributed by atoms with van der Waals surface area (Å²) in [7, 11) is 0. The van der Waals surface area contributed by atoms with E-state index in [0.717, 1.165) is 0 Å². The number of nitrogen functional groups attached to an aromatic ring is 2. The number of rotatable bonds is 4. The standard InChI is InChI=1S/C15H16N6O.2ClH/c16-13(17)9-3-1-5-11(7-9)20-15(22)21-12-6-2-4-10(8-12)14(18)19;;/h1-8H,(H3,16,17)(H3,18,19)(H2,20,21,22);2*1H. The van der Waals surface area contributed by atoms with E-state index >= 15 is 0 Å². The van der Waals surface area contributed by atoms with Crippen LogP contribution in [-0.2, 0) is 0 Å². The zero-order valence-corrected chi connectivity index (χ0v) is 14.1. The van der Waals surface area contributed by atoms with Gasteiger partial charge in [-0.1, -0.05) is 24.3 Å². The number of benzene rings is 2. The molecule has 0 fully saturated rings. The first-order valence-electron chi connectivity index (χ1n) is 6.42. The van der Waals surface area contributed by atoms with Gasteiger partial charge in [0.1, 0.15) is 11.7 Å². The van der Waals surface area contributed by atoms with Crippen LogP contribution in [-0.4, -0.2) is 17.7 Å². The van der Waals surface area contributed by atoms with Crippen LogP contribution in [0.5, 0.6) is 0 Å². The third-order valence-electron chi connectivity index (χ3n) is 2.86. The predicted octanol–water partition coefficient (Wildman–Crippen LogP) is 2.74. The van der Waals surface area contributed by atoms with Crippen molar-refractivity contribution in [3.63, 3.8) is 0 Å². The molecule has 0 saturated carbocycles. The molecule has 0 spiro atoms. The van der Waals surface area contributed by atoms with Gasteiger partial charge in [-0.2, -0.15) is 0 Å². The number of carbonyl (C=O) groups excluding carboxylic acids is 1. The molecule has 0 aliphatic heterocycles. The van der Waals surface area contributed by atoms with Crippen LogP contribution in [0.3, 0.4) is 0 Å². The lowest BCUT2D eigenvalue weighted by molar-refractivity contribution is 0.262. The zero-order valence-electron chi connectivity index (χ0n) is 12.5. The van der Waals surface area contributed by atoms with Gasteiger partial charge in [0.15, 0.2) is 0 Å². The summed E-state index contributed by atoms with van der Waals surface area (Å²) in [6, 6.07) is 12.9. The fourth-order valence-corrected chi connectivity index (χ4v) is 1.82. The smallest absolute Gasteiger partial charge is 0.323 e. The SMILES string of the molecule is Cl.Cl.N=C(N)c1cccc(NC(=O)Nc2cccc(C(=N)N)c2)c1. The molecule has 0 aliphatic carbocycles. The van der Waals surface area contributed by atoms with E-state index in [-0.39, 0.29) is 36.5 Å². The van der Waals surface area contributed by atoms with Crippen LogP contribution in [0.4, 0.5) is 16.2 Å². The lowest BCUT2D eigenvalue weighted by Gasteiger charge is -2.09. The van der Waals surface area contributed by atoms with Crippen molar-refractivity contribution in [1.29, 1.82) is 10.8 Å². The van der Waals surface area contributed by atoms with Crippen LogP contribution >= 0.6 is 24.8 Å². The van der Waals surface area contributed by atoms with Crippen LogP contribution in [0, 0.1) is 10.8 Å². The van der Waals surface area contributed by atoms with Gasteiger partial charge < -0.3 is 22.1 Å². The van der Waals surface area contributed by atoms with E-state index in [4.69, 9.17) is 22.3 Å². The van der Waals surface area contributed by atoms with Crippen LogP contribution < -0.4 is 22.1 Å². The van der Waals surface area contributed by atoms with E-state index in [9.17, 15) is 4.79 Å². The minimum Gasteiger partial charge on any atom is -0.384 e. The van der Waals surface area contributed by atoms with Gasteiger partial charge in [0.05, 0.1) is 0 Å². The minimum atomic E-state index is -0.443. The number of hydrogen-bond acceptors (Lipinski definition) is 3. The molecule has 24 heavy (non-hydrogen) atoms. The van der Waals surface area contributed by atoms with Gasteiger partial charge in [-0.05, 0) is 24.3 Å². The number of nitrogens with two attached hydrogens (primary N) is 2. The summed E-state index contributed by atoms with van der Waals surface area (Å²) in [6.45, 7) is 0. The Morgan fingerprint density at radius 3 is 1.50 bits per heavy atom. The average molecular weight is 369 g/mol. The quantitative estimate of drug-likeness (QED) is 0.365. The lowest BCUT2D eigenvalue weighted by Crippen LogP contribution is -2.20. The van der Waals surface area contributed by atoms with Crippen molar-refractivity contribution in [3.05, 3.63) is 59.7 Å². The number of nitrogens with one attached hydrogen (secondary N) is 4. The fourth-order valence-electron chi connectivity index (χ4n) is 1.82. The number of urea groups is 1. The van der Waals surface area contributed by atoms with E-state index in [1.165, 1.54) is 0 Å². The maximum atomic E-state index is 12.0. The summed E-state index contributed by atoms with van der Waals surface area (Å²) in [4.78, 5) is 12.0. The third-order valence-corrected chi connectivity index (χ3v) is 2.86. The summed E-state index contributed by atoms with van der Waals surface area (Å²) in [5.41, 5.74) is 12.9. The highest BCUT2D eigenvalue weighted by Crippen LogP contribution is 2.13. The van der Waals surface area contributed by atoms with Crippen molar-refractivity contribution in [1.82, 2.24) is 0 Å². The van der Waals surface area contributed by atoms with Gasteiger partial charge in [-0.15, -0.1) is 24.8 Å². The summed E-state index contributed by atoms with van der Waals surface area (Å²) in [5.74, 6) is -0.142. The topological polar surface area (TPSA) is 141 Å². The predicted molar refractivity (Wildman–Crippen MR) is 102 cm³/mol. The normalized spacial score (nSPS) is 9.00. The molecule has 128 valence electrons. The molecule has 2 amide bonds. The van der Waals surface area contributed by atoms with E-state index in [1.807, 2.05) is 0 Å². The minimum absolute atomic E-state index is 0. The monoisotopic (exact) mass is 368 g/mol. The average Bonchev–Trinajstić information content (AvgIpc) is 2.47. The van der Waals surface area contributed by atoms with Crippen molar-refractivity contribution >= 4 is 53.9 Å². The Hall–Kier alpha value is -2.77. The highest BCUT2D eigenvalue weighted by atomic mass is 35.5. The maximum Gasteiger partial charge on any atom is 0.323 e. The first-order chi connectivity index (χ1) is 10.5. The number of halogens is 2. The molecule has 0 unspecified atom stereocenters. The molecule has 0 atom stereocenters. The molecule has 9 heteroatoms. The van der Waals surface area contributed by atoms with Crippen molar-refractivity contribution in [2.45, 2.75) is 0 Å². The number of amides is 2. The first-order valence-corrected chi connectivity index (χ1v) is 6.42. The van der Waals surface area contributed by atoms with E-state index in [0.29, 0.717) is 22.5 Å². The third kappa shape index (κ3) is 5.79. The second-order valence-electron chi connectivity index (χ2n) is 4.57. The molecule has 0 aliphatic rings. The molecule has 2 rings (SSSR count). The molecule has 0 heterocycles. The second kappa shape index (κ2) is 9.39. The number of carbonyl (C=O) groups is 1. The van der Waals surface area contributed by atoms with Gasteiger partial charge >= 0.3 is 6.03 Å². The van der Waals surface area contributed by atoms with Gasteiger partial charge in [0, 0.05) is 22.5 Å². The van der Waals surface area contributed by atoms with E-state index in [1.54, 1.807) is 48.5 Å². The molecule has 0 bridgehead atoms. The maximum absolute atomic E-state index is 12.0. The molecule has 8 N–H and O–H groups in total. The summed E-state index contributed by atoms with van der Waals surface area (Å²) >= 11 is 0. The molecule has 7 nitrogen and oxygen atoms in total. The Kier molecular flexibility index (Phi) is 8.30. The van der Waals surface area contributed by atoms with Gasteiger partial charge in [-0.25, -0.2) is 4.79 Å². The lowest BCUT2D eigenvalue weighted by atomic mass is 10.2. The Morgan fingerprint density at radius 1 is 0.792 bits per heavy atom. The second-order valence-corrected chi connectivity index (χ2v) is 4.57. The molecule has 0 aromatic heterocycles. The molecular formula is C15H18Cl2N6O.